The van der Waals surface area contributed by atoms with Crippen LogP contribution >= 0.6 is 0 Å². The van der Waals surface area contributed by atoms with Crippen LogP contribution in [0.2, 0.25) is 0 Å². The largest absolute Gasteiger partial charge is 0.497 e. The van der Waals surface area contributed by atoms with Gasteiger partial charge in [0.05, 0.1) is 43.8 Å². The van der Waals surface area contributed by atoms with Crippen molar-refractivity contribution < 1.29 is 28.1 Å². The van der Waals surface area contributed by atoms with E-state index in [-0.39, 0.29) is 18.2 Å². The van der Waals surface area contributed by atoms with Crippen molar-refractivity contribution in [3.8, 4) is 28.5 Å². The van der Waals surface area contributed by atoms with Gasteiger partial charge in [-0.05, 0) is 54.8 Å². The smallest absolute Gasteiger partial charge is 0.255 e. The van der Waals surface area contributed by atoms with Crippen LogP contribution < -0.4 is 24.8 Å². The summed E-state index contributed by atoms with van der Waals surface area (Å²) in [5, 5.41) is 12.4. The summed E-state index contributed by atoms with van der Waals surface area (Å²) in [6.45, 7) is 2.12. The molecule has 1 fully saturated rings. The van der Waals surface area contributed by atoms with Gasteiger partial charge < -0.3 is 29.6 Å². The number of anilines is 1. The van der Waals surface area contributed by atoms with Crippen molar-refractivity contribution >= 4 is 22.6 Å². The second kappa shape index (κ2) is 13.9. The van der Waals surface area contributed by atoms with E-state index in [0.717, 1.165) is 57.6 Å². The molecule has 1 aliphatic rings. The molecule has 1 amide bonds. The number of pyridine rings is 1. The highest BCUT2D eigenvalue weighted by molar-refractivity contribution is 6.01. The Morgan fingerprint density at radius 2 is 1.72 bits per heavy atom. The lowest BCUT2D eigenvalue weighted by molar-refractivity contribution is 0.0675. The predicted molar refractivity (Wildman–Crippen MR) is 173 cm³/mol. The molecular weight excluding hydrogens is 589 g/mol. The number of amides is 1. The number of fused-ring (bicyclic) bond motifs is 1. The van der Waals surface area contributed by atoms with E-state index in [1.807, 2.05) is 48.5 Å². The summed E-state index contributed by atoms with van der Waals surface area (Å²) in [7, 11) is 4.71. The van der Waals surface area contributed by atoms with Crippen molar-refractivity contribution in [1.29, 1.82) is 0 Å². The van der Waals surface area contributed by atoms with Crippen molar-refractivity contribution in [2.24, 2.45) is 0 Å². The number of halogens is 1. The van der Waals surface area contributed by atoms with Crippen LogP contribution in [0.3, 0.4) is 0 Å². The first-order chi connectivity index (χ1) is 22.5. The van der Waals surface area contributed by atoms with Gasteiger partial charge in [-0.15, -0.1) is 0 Å². The number of carbonyl (C=O) groups is 1. The number of carbonyl (C=O) groups excluding carboxylic acids is 1. The predicted octanol–water partition coefficient (Wildman–Crippen LogP) is 6.16. The molecule has 0 bridgehead atoms. The van der Waals surface area contributed by atoms with E-state index < -0.39 is 11.7 Å². The fourth-order valence-electron chi connectivity index (χ4n) is 5.72. The molecule has 5 aromatic rings. The second-order valence-corrected chi connectivity index (χ2v) is 10.9. The van der Waals surface area contributed by atoms with Crippen molar-refractivity contribution in [3.63, 3.8) is 0 Å². The summed E-state index contributed by atoms with van der Waals surface area (Å²) < 4.78 is 37.7. The Kier molecular flexibility index (Phi) is 9.30. The molecule has 1 aliphatic heterocycles. The maximum atomic E-state index is 13.8. The van der Waals surface area contributed by atoms with Crippen LogP contribution in [0.4, 0.5) is 10.2 Å². The molecule has 11 heteroatoms. The zero-order chi connectivity index (χ0) is 32.0. The maximum absolute atomic E-state index is 13.8. The number of nitrogens with one attached hydrogen (secondary N) is 2. The summed E-state index contributed by atoms with van der Waals surface area (Å²) in [5.74, 6) is 1.54. The number of hydrogen-bond acceptors (Lipinski definition) is 8. The van der Waals surface area contributed by atoms with Gasteiger partial charge in [0.2, 0.25) is 0 Å². The molecule has 3 aromatic carbocycles. The molecular formula is C35H36FN5O5. The molecule has 2 aromatic heterocycles. The molecule has 0 saturated carbocycles. The fraction of sp³-hybridized carbons (Fsp3) is 0.286. The van der Waals surface area contributed by atoms with Gasteiger partial charge in [0.1, 0.15) is 34.6 Å². The quantitative estimate of drug-likeness (QED) is 0.180. The number of rotatable bonds is 11. The zero-order valence-electron chi connectivity index (χ0n) is 26.0. The standard InChI is InChI=1S/C35H36FN5O5/c1-43-27-10-8-24(31(19-27)45-3)21-38-34-32-29(12-15-37-34)41(26-13-16-46-17-14-26)40-33(32)23-6-4-22(5-7-23)20-39-35(42)28-18-25(36)9-11-30(28)44-2/h4-12,15,18-19,26H,13-14,16-17,20-21H2,1-3H3,(H,37,38)(H,39,42). The van der Waals surface area contributed by atoms with Gasteiger partial charge in [-0.1, -0.05) is 24.3 Å². The van der Waals surface area contributed by atoms with E-state index in [1.165, 1.54) is 25.3 Å². The van der Waals surface area contributed by atoms with Gasteiger partial charge in [0.25, 0.3) is 5.91 Å². The third kappa shape index (κ3) is 6.45. The van der Waals surface area contributed by atoms with Gasteiger partial charge in [-0.3, -0.25) is 9.48 Å². The first-order valence-electron chi connectivity index (χ1n) is 15.1. The van der Waals surface area contributed by atoms with E-state index >= 15 is 0 Å². The molecule has 0 spiro atoms. The van der Waals surface area contributed by atoms with E-state index in [2.05, 4.69) is 15.3 Å². The Hall–Kier alpha value is -5.16. The normalized spacial score (nSPS) is 13.4. The lowest BCUT2D eigenvalue weighted by atomic mass is 10.1. The molecule has 0 atom stereocenters. The minimum atomic E-state index is -0.505. The lowest BCUT2D eigenvalue weighted by Crippen LogP contribution is -2.23. The SMILES string of the molecule is COc1ccc(CNc2nccc3c2c(-c2ccc(CNC(=O)c4cc(F)ccc4OC)cc2)nn3C2CCOCC2)c(OC)c1. The monoisotopic (exact) mass is 625 g/mol. The molecule has 1 saturated heterocycles. The molecule has 2 N–H and O–H groups in total. The number of aromatic nitrogens is 3. The average molecular weight is 626 g/mol. The van der Waals surface area contributed by atoms with Crippen LogP contribution in [0.15, 0.2) is 72.9 Å². The summed E-state index contributed by atoms with van der Waals surface area (Å²) >= 11 is 0. The zero-order valence-corrected chi connectivity index (χ0v) is 26.0. The summed E-state index contributed by atoms with van der Waals surface area (Å²) in [5.41, 5.74) is 4.69. The maximum Gasteiger partial charge on any atom is 0.255 e. The number of methoxy groups -OCH3 is 3. The average Bonchev–Trinajstić information content (AvgIpc) is 3.50. The summed E-state index contributed by atoms with van der Waals surface area (Å²) in [4.78, 5) is 17.5. The van der Waals surface area contributed by atoms with E-state index in [1.54, 1.807) is 20.4 Å². The van der Waals surface area contributed by atoms with Crippen LogP contribution in [0.5, 0.6) is 17.2 Å². The molecule has 0 radical (unpaired) electrons. The molecule has 6 rings (SSSR count). The highest BCUT2D eigenvalue weighted by Crippen LogP contribution is 2.36. The van der Waals surface area contributed by atoms with E-state index in [4.69, 9.17) is 29.0 Å². The second-order valence-electron chi connectivity index (χ2n) is 10.9. The van der Waals surface area contributed by atoms with Gasteiger partial charge in [0.15, 0.2) is 0 Å². The van der Waals surface area contributed by atoms with Gasteiger partial charge >= 0.3 is 0 Å². The summed E-state index contributed by atoms with van der Waals surface area (Å²) in [6.07, 6.45) is 3.55. The van der Waals surface area contributed by atoms with Crippen molar-refractivity contribution in [3.05, 3.63) is 95.4 Å². The van der Waals surface area contributed by atoms with Gasteiger partial charge in [0, 0.05) is 49.7 Å². The first kappa shape index (κ1) is 30.8. The van der Waals surface area contributed by atoms with Crippen molar-refractivity contribution in [2.45, 2.75) is 32.0 Å². The highest BCUT2D eigenvalue weighted by Gasteiger charge is 2.24. The molecule has 46 heavy (non-hydrogen) atoms. The van der Waals surface area contributed by atoms with Crippen LogP contribution in [-0.4, -0.2) is 55.2 Å². The topological polar surface area (TPSA) is 109 Å². The Balaban J connectivity index is 1.29. The Bertz CT molecular complexity index is 1840. The third-order valence-electron chi connectivity index (χ3n) is 8.18. The number of hydrogen-bond donors (Lipinski definition) is 2. The fourth-order valence-corrected chi connectivity index (χ4v) is 5.72. The third-order valence-corrected chi connectivity index (χ3v) is 8.18. The van der Waals surface area contributed by atoms with E-state index in [0.29, 0.717) is 31.3 Å². The highest BCUT2D eigenvalue weighted by atomic mass is 19.1. The van der Waals surface area contributed by atoms with Gasteiger partial charge in [-0.2, -0.15) is 5.10 Å². The van der Waals surface area contributed by atoms with Crippen LogP contribution in [0, 0.1) is 5.82 Å². The number of benzene rings is 3. The Morgan fingerprint density at radius 1 is 0.935 bits per heavy atom. The lowest BCUT2D eigenvalue weighted by Gasteiger charge is -2.23. The van der Waals surface area contributed by atoms with Crippen LogP contribution in [0.25, 0.3) is 22.2 Å². The van der Waals surface area contributed by atoms with Crippen LogP contribution in [-0.2, 0) is 17.8 Å². The molecule has 3 heterocycles. The molecule has 238 valence electrons. The van der Waals surface area contributed by atoms with Crippen molar-refractivity contribution in [1.82, 2.24) is 20.1 Å². The molecule has 0 aliphatic carbocycles. The molecule has 10 nitrogen and oxygen atoms in total. The van der Waals surface area contributed by atoms with Gasteiger partial charge in [-0.25, -0.2) is 9.37 Å². The minimum Gasteiger partial charge on any atom is -0.497 e. The van der Waals surface area contributed by atoms with Crippen LogP contribution in [0.1, 0.15) is 40.4 Å². The summed E-state index contributed by atoms with van der Waals surface area (Å²) in [6, 6.07) is 19.7. The Morgan fingerprint density at radius 3 is 2.46 bits per heavy atom. The number of ether oxygens (including phenoxy) is 4. The minimum absolute atomic E-state index is 0.143. The first-order valence-corrected chi connectivity index (χ1v) is 15.1. The molecule has 0 unspecified atom stereocenters. The van der Waals surface area contributed by atoms with E-state index in [9.17, 15) is 9.18 Å². The Labute approximate surface area is 266 Å². The van der Waals surface area contributed by atoms with Crippen molar-refractivity contribution in [2.75, 3.05) is 39.9 Å². The number of nitrogens with zero attached hydrogens (tertiary/aromatic N) is 3.